The zero-order valence-electron chi connectivity index (χ0n) is 12.3. The molecule has 116 valence electrons. The lowest BCUT2D eigenvalue weighted by Crippen LogP contribution is -2.26. The molecule has 0 aliphatic heterocycles. The van der Waals surface area contributed by atoms with Crippen molar-refractivity contribution in [3.05, 3.63) is 59.1 Å². The number of aromatic nitrogens is 1. The molecule has 1 aromatic heterocycles. The molecule has 3 rings (SSSR count). The average molecular weight is 343 g/mol. The summed E-state index contributed by atoms with van der Waals surface area (Å²) in [7, 11) is -2.14. The number of fused-ring (bicyclic) bond motifs is 1. The Balaban J connectivity index is 1.89. The third kappa shape index (κ3) is 3.10. The van der Waals surface area contributed by atoms with Gasteiger partial charge in [0.05, 0.1) is 33.3 Å². The fourth-order valence-electron chi connectivity index (χ4n) is 2.17. The Morgan fingerprint density at radius 1 is 1.22 bits per heavy atom. The van der Waals surface area contributed by atoms with Crippen LogP contribution in [0.4, 0.5) is 0 Å². The van der Waals surface area contributed by atoms with E-state index in [2.05, 4.69) is 4.98 Å². The molecule has 0 spiro atoms. The highest BCUT2D eigenvalue weighted by Gasteiger charge is 2.22. The summed E-state index contributed by atoms with van der Waals surface area (Å²) in [4.78, 5) is 4.56. The van der Waals surface area contributed by atoms with Gasteiger partial charge >= 0.3 is 0 Å². The predicted molar refractivity (Wildman–Crippen MR) is 89.4 cm³/mol. The van der Waals surface area contributed by atoms with Crippen LogP contribution in [0.3, 0.4) is 0 Å². The van der Waals surface area contributed by atoms with Crippen LogP contribution in [0.2, 0.25) is 0 Å². The van der Waals surface area contributed by atoms with Crippen LogP contribution in [0.5, 0.6) is 0 Å². The maximum absolute atomic E-state index is 12.6. The summed E-state index contributed by atoms with van der Waals surface area (Å²) in [5.41, 5.74) is 1.18. The van der Waals surface area contributed by atoms with Crippen molar-refractivity contribution in [2.45, 2.75) is 11.4 Å². The van der Waals surface area contributed by atoms with E-state index in [9.17, 15) is 8.42 Å². The largest absolute Gasteiger partial charge is 0.243 e. The normalized spacial score (nSPS) is 11.7. The molecule has 5 nitrogen and oxygen atoms in total. The molecule has 0 aliphatic carbocycles. The molecule has 0 atom stereocenters. The SMILES string of the molecule is CN(Cc1nc2ccccc2s1)S(=O)(=O)c1cccc(C#N)c1. The van der Waals surface area contributed by atoms with Gasteiger partial charge in [0.25, 0.3) is 0 Å². The first-order valence-corrected chi connectivity index (χ1v) is 9.07. The summed E-state index contributed by atoms with van der Waals surface area (Å²) in [6.45, 7) is 0.193. The Bertz CT molecular complexity index is 970. The van der Waals surface area contributed by atoms with Crippen molar-refractivity contribution in [1.82, 2.24) is 9.29 Å². The maximum atomic E-state index is 12.6. The number of nitrogens with zero attached hydrogens (tertiary/aromatic N) is 3. The van der Waals surface area contributed by atoms with Gasteiger partial charge in [0.2, 0.25) is 10.0 Å². The molecule has 7 heteroatoms. The van der Waals surface area contributed by atoms with Crippen LogP contribution in [0, 0.1) is 11.3 Å². The van der Waals surface area contributed by atoms with Gasteiger partial charge < -0.3 is 0 Å². The molecular weight excluding hydrogens is 330 g/mol. The molecule has 0 amide bonds. The summed E-state index contributed by atoms with van der Waals surface area (Å²) in [6.07, 6.45) is 0. The van der Waals surface area contributed by atoms with Crippen molar-refractivity contribution in [2.75, 3.05) is 7.05 Å². The van der Waals surface area contributed by atoms with Gasteiger partial charge in [0.1, 0.15) is 5.01 Å². The van der Waals surface area contributed by atoms with Crippen molar-refractivity contribution in [3.63, 3.8) is 0 Å². The van der Waals surface area contributed by atoms with Crippen LogP contribution in [-0.4, -0.2) is 24.8 Å². The second-order valence-electron chi connectivity index (χ2n) is 4.98. The second-order valence-corrected chi connectivity index (χ2v) is 8.14. The first-order valence-electron chi connectivity index (χ1n) is 6.81. The Kier molecular flexibility index (Phi) is 4.13. The molecule has 0 saturated carbocycles. The molecule has 0 N–H and O–H groups in total. The second kappa shape index (κ2) is 6.08. The fourth-order valence-corrected chi connectivity index (χ4v) is 4.45. The molecule has 23 heavy (non-hydrogen) atoms. The van der Waals surface area contributed by atoms with Crippen LogP contribution in [-0.2, 0) is 16.6 Å². The predicted octanol–water partition coefficient (Wildman–Crippen LogP) is 2.99. The lowest BCUT2D eigenvalue weighted by Gasteiger charge is -2.15. The number of hydrogen-bond donors (Lipinski definition) is 0. The van der Waals surface area contributed by atoms with Crippen LogP contribution in [0.25, 0.3) is 10.2 Å². The molecule has 0 aliphatic rings. The van der Waals surface area contributed by atoms with E-state index < -0.39 is 10.0 Å². The van der Waals surface area contributed by atoms with Crippen molar-refractivity contribution < 1.29 is 8.42 Å². The molecular formula is C16H13N3O2S2. The van der Waals surface area contributed by atoms with Gasteiger partial charge in [-0.25, -0.2) is 13.4 Å². The van der Waals surface area contributed by atoms with Gasteiger partial charge in [-0.3, -0.25) is 0 Å². The monoisotopic (exact) mass is 343 g/mol. The van der Waals surface area contributed by atoms with Crippen molar-refractivity contribution in [3.8, 4) is 6.07 Å². The van der Waals surface area contributed by atoms with Gasteiger partial charge in [0.15, 0.2) is 0 Å². The maximum Gasteiger partial charge on any atom is 0.243 e. The Hall–Kier alpha value is -2.27. The van der Waals surface area contributed by atoms with Gasteiger partial charge in [-0.05, 0) is 30.3 Å². The fraction of sp³-hybridized carbons (Fsp3) is 0.125. The third-order valence-electron chi connectivity index (χ3n) is 3.37. The number of hydrogen-bond acceptors (Lipinski definition) is 5. The molecule has 1 heterocycles. The minimum atomic E-state index is -3.66. The highest BCUT2D eigenvalue weighted by molar-refractivity contribution is 7.89. The summed E-state index contributed by atoms with van der Waals surface area (Å²) < 4.78 is 27.5. The van der Waals surface area contributed by atoms with Gasteiger partial charge in [-0.2, -0.15) is 9.57 Å². The number of sulfonamides is 1. The molecule has 3 aromatic rings. The molecule has 2 aromatic carbocycles. The van der Waals surface area contributed by atoms with Gasteiger partial charge in [-0.1, -0.05) is 18.2 Å². The van der Waals surface area contributed by atoms with E-state index in [0.717, 1.165) is 15.2 Å². The van der Waals surface area contributed by atoms with E-state index >= 15 is 0 Å². The van der Waals surface area contributed by atoms with Crippen LogP contribution < -0.4 is 0 Å². The third-order valence-corrected chi connectivity index (χ3v) is 6.19. The number of para-hydroxylation sites is 1. The van der Waals surface area contributed by atoms with Crippen molar-refractivity contribution >= 4 is 31.6 Å². The van der Waals surface area contributed by atoms with E-state index in [4.69, 9.17) is 5.26 Å². The molecule has 0 bridgehead atoms. The summed E-state index contributed by atoms with van der Waals surface area (Å²) >= 11 is 1.47. The van der Waals surface area contributed by atoms with Gasteiger partial charge in [-0.15, -0.1) is 11.3 Å². The minimum Gasteiger partial charge on any atom is -0.240 e. The van der Waals surface area contributed by atoms with Gasteiger partial charge in [0, 0.05) is 7.05 Å². The Labute approximate surface area is 138 Å². The van der Waals surface area contributed by atoms with E-state index in [0.29, 0.717) is 5.56 Å². The molecule has 0 fully saturated rings. The quantitative estimate of drug-likeness (QED) is 0.730. The van der Waals surface area contributed by atoms with Crippen molar-refractivity contribution in [1.29, 1.82) is 5.26 Å². The van der Waals surface area contributed by atoms with E-state index in [-0.39, 0.29) is 11.4 Å². The zero-order valence-corrected chi connectivity index (χ0v) is 13.9. The zero-order chi connectivity index (χ0) is 16.4. The average Bonchev–Trinajstić information content (AvgIpc) is 2.97. The number of nitriles is 1. The lowest BCUT2D eigenvalue weighted by molar-refractivity contribution is 0.466. The van der Waals surface area contributed by atoms with Crippen LogP contribution in [0.1, 0.15) is 10.6 Å². The summed E-state index contributed by atoms with van der Waals surface area (Å²) in [5, 5.41) is 9.65. The Morgan fingerprint density at radius 3 is 2.74 bits per heavy atom. The number of rotatable bonds is 4. The molecule has 0 saturated heterocycles. The number of benzene rings is 2. The first-order chi connectivity index (χ1) is 11.0. The van der Waals surface area contributed by atoms with E-state index in [1.54, 1.807) is 12.1 Å². The van der Waals surface area contributed by atoms with E-state index in [1.807, 2.05) is 30.3 Å². The van der Waals surface area contributed by atoms with Crippen molar-refractivity contribution in [2.24, 2.45) is 0 Å². The Morgan fingerprint density at radius 2 is 2.00 bits per heavy atom. The summed E-state index contributed by atoms with van der Waals surface area (Å²) in [5.74, 6) is 0. The van der Waals surface area contributed by atoms with Crippen LogP contribution >= 0.6 is 11.3 Å². The summed E-state index contributed by atoms with van der Waals surface area (Å²) in [6, 6.07) is 15.7. The highest BCUT2D eigenvalue weighted by Crippen LogP contribution is 2.24. The number of thiazole rings is 1. The molecule has 0 radical (unpaired) electrons. The minimum absolute atomic E-state index is 0.111. The smallest absolute Gasteiger partial charge is 0.240 e. The first kappa shape index (κ1) is 15.6. The van der Waals surface area contributed by atoms with Crippen LogP contribution in [0.15, 0.2) is 53.4 Å². The van der Waals surface area contributed by atoms with E-state index in [1.165, 1.54) is 34.8 Å². The standard InChI is InChI=1S/C16H13N3O2S2/c1-19(11-16-18-14-7-2-3-8-15(14)22-16)23(20,21)13-6-4-5-12(9-13)10-17/h2-9H,11H2,1H3. The highest BCUT2D eigenvalue weighted by atomic mass is 32.2. The topological polar surface area (TPSA) is 74.1 Å². The lowest BCUT2D eigenvalue weighted by atomic mass is 10.2. The molecule has 0 unspecified atom stereocenters.